The average molecular weight is 143 g/mol. The second-order valence-corrected chi connectivity index (χ2v) is 1.69. The summed E-state index contributed by atoms with van der Waals surface area (Å²) in [5.41, 5.74) is 0. The predicted molar refractivity (Wildman–Crippen MR) is 32.4 cm³/mol. The van der Waals surface area contributed by atoms with Crippen LogP contribution in [-0.4, -0.2) is 17.2 Å². The highest BCUT2D eigenvalue weighted by Crippen LogP contribution is 2.18. The molecule has 0 aliphatic rings. The van der Waals surface area contributed by atoms with E-state index in [1.807, 2.05) is 0 Å². The summed E-state index contributed by atoms with van der Waals surface area (Å²) in [6.45, 7) is 0. The molecule has 0 aliphatic heterocycles. The Morgan fingerprint density at radius 1 is 1.70 bits per heavy atom. The van der Waals surface area contributed by atoms with Crippen LogP contribution in [0.25, 0.3) is 0 Å². The Bertz CT molecular complexity index is 239. The molecule has 1 aromatic rings. The van der Waals surface area contributed by atoms with Crippen LogP contribution in [-0.2, 0) is 0 Å². The van der Waals surface area contributed by atoms with E-state index in [2.05, 4.69) is 9.72 Å². The fourth-order valence-corrected chi connectivity index (χ4v) is 0.561. The fourth-order valence-electron chi connectivity index (χ4n) is 0.561. The lowest BCUT2D eigenvalue weighted by molar-refractivity contribution is 0.370. The number of rotatable bonds is 1. The number of pyridine rings is 1. The van der Waals surface area contributed by atoms with Crippen molar-refractivity contribution in [2.45, 2.75) is 0 Å². The summed E-state index contributed by atoms with van der Waals surface area (Å²) >= 11 is 0. The number of methoxy groups -OCH3 is 1. The van der Waals surface area contributed by atoms with Gasteiger partial charge >= 0.3 is 0 Å². The number of aromatic hydroxyl groups is 1. The first-order valence-electron chi connectivity index (χ1n) is 2.62. The third kappa shape index (κ3) is 1.15. The van der Waals surface area contributed by atoms with Crippen LogP contribution in [0.5, 0.6) is 11.5 Å². The minimum atomic E-state index is -0.722. The van der Waals surface area contributed by atoms with Crippen molar-refractivity contribution in [1.82, 2.24) is 4.98 Å². The number of halogens is 1. The van der Waals surface area contributed by atoms with Gasteiger partial charge in [-0.15, -0.1) is 0 Å². The summed E-state index contributed by atoms with van der Waals surface area (Å²) in [6, 6.07) is 1.16. The third-order valence-electron chi connectivity index (χ3n) is 1.01. The minimum absolute atomic E-state index is 0.0556. The molecule has 0 amide bonds. The summed E-state index contributed by atoms with van der Waals surface area (Å²) in [7, 11) is 1.31. The lowest BCUT2D eigenvalue weighted by Crippen LogP contribution is -1.89. The lowest BCUT2D eigenvalue weighted by Gasteiger charge is -1.98. The summed E-state index contributed by atoms with van der Waals surface area (Å²) in [6.07, 6.45) is 1.01. The average Bonchev–Trinajstić information content (AvgIpc) is 1.94. The highest BCUT2D eigenvalue weighted by atomic mass is 19.1. The maximum Gasteiger partial charge on any atom is 0.255 e. The molecule has 0 spiro atoms. The van der Waals surface area contributed by atoms with E-state index < -0.39 is 5.95 Å². The van der Waals surface area contributed by atoms with Gasteiger partial charge in [0, 0.05) is 6.07 Å². The number of hydrogen-bond acceptors (Lipinski definition) is 3. The molecule has 0 atom stereocenters. The molecule has 0 fully saturated rings. The van der Waals surface area contributed by atoms with Crippen LogP contribution in [0.4, 0.5) is 4.39 Å². The van der Waals surface area contributed by atoms with Crippen LogP contribution in [0.3, 0.4) is 0 Å². The van der Waals surface area contributed by atoms with Crippen LogP contribution in [0.2, 0.25) is 0 Å². The molecule has 0 saturated carbocycles. The Balaban J connectivity index is 3.09. The van der Waals surface area contributed by atoms with Gasteiger partial charge in [-0.25, -0.2) is 4.98 Å². The standard InChI is InChI=1S/C6H6FNO2/c1-10-5-2-4(9)3-8-6(5)7/h2-3,9H,1H3. The van der Waals surface area contributed by atoms with E-state index in [4.69, 9.17) is 5.11 Å². The maximum atomic E-state index is 12.4. The summed E-state index contributed by atoms with van der Waals surface area (Å²) in [4.78, 5) is 3.21. The van der Waals surface area contributed by atoms with Gasteiger partial charge in [-0.2, -0.15) is 4.39 Å². The van der Waals surface area contributed by atoms with Crippen molar-refractivity contribution >= 4 is 0 Å². The Kier molecular flexibility index (Phi) is 1.71. The van der Waals surface area contributed by atoms with E-state index in [0.717, 1.165) is 12.3 Å². The van der Waals surface area contributed by atoms with Crippen LogP contribution in [0.1, 0.15) is 0 Å². The van der Waals surface area contributed by atoms with Gasteiger partial charge in [0.1, 0.15) is 5.75 Å². The zero-order chi connectivity index (χ0) is 7.56. The molecule has 1 N–H and O–H groups in total. The van der Waals surface area contributed by atoms with E-state index in [9.17, 15) is 4.39 Å². The topological polar surface area (TPSA) is 42.4 Å². The molecule has 0 aromatic carbocycles. The van der Waals surface area contributed by atoms with Gasteiger partial charge in [-0.05, 0) is 0 Å². The molecule has 1 aromatic heterocycles. The quantitative estimate of drug-likeness (QED) is 0.595. The van der Waals surface area contributed by atoms with Crippen molar-refractivity contribution < 1.29 is 14.2 Å². The predicted octanol–water partition coefficient (Wildman–Crippen LogP) is 0.935. The maximum absolute atomic E-state index is 12.4. The largest absolute Gasteiger partial charge is 0.506 e. The summed E-state index contributed by atoms with van der Waals surface area (Å²) < 4.78 is 17.0. The van der Waals surface area contributed by atoms with E-state index in [-0.39, 0.29) is 11.5 Å². The van der Waals surface area contributed by atoms with Gasteiger partial charge in [0.2, 0.25) is 0 Å². The third-order valence-corrected chi connectivity index (χ3v) is 1.01. The minimum Gasteiger partial charge on any atom is -0.506 e. The Morgan fingerprint density at radius 2 is 2.40 bits per heavy atom. The van der Waals surface area contributed by atoms with Crippen LogP contribution >= 0.6 is 0 Å². The number of hydrogen-bond donors (Lipinski definition) is 1. The van der Waals surface area contributed by atoms with E-state index in [1.165, 1.54) is 7.11 Å². The van der Waals surface area contributed by atoms with Crippen molar-refractivity contribution in [2.75, 3.05) is 7.11 Å². The Hall–Kier alpha value is -1.32. The molecular formula is C6H6FNO2. The molecular weight excluding hydrogens is 137 g/mol. The van der Waals surface area contributed by atoms with Crippen molar-refractivity contribution in [2.24, 2.45) is 0 Å². The van der Waals surface area contributed by atoms with Gasteiger partial charge in [-0.3, -0.25) is 0 Å². The molecule has 0 radical (unpaired) electrons. The fraction of sp³-hybridized carbons (Fsp3) is 0.167. The molecule has 0 saturated heterocycles. The summed E-state index contributed by atoms with van der Waals surface area (Å²) in [5, 5.41) is 8.76. The first kappa shape index (κ1) is 6.80. The van der Waals surface area contributed by atoms with Crippen molar-refractivity contribution in [3.8, 4) is 11.5 Å². The highest BCUT2D eigenvalue weighted by Gasteiger charge is 2.02. The van der Waals surface area contributed by atoms with E-state index in [0.29, 0.717) is 0 Å². The molecule has 10 heavy (non-hydrogen) atoms. The molecule has 1 rings (SSSR count). The number of aromatic nitrogens is 1. The molecule has 0 bridgehead atoms. The highest BCUT2D eigenvalue weighted by molar-refractivity contribution is 5.27. The van der Waals surface area contributed by atoms with Gasteiger partial charge in [0.25, 0.3) is 5.95 Å². The number of nitrogens with zero attached hydrogens (tertiary/aromatic N) is 1. The molecule has 4 heteroatoms. The van der Waals surface area contributed by atoms with Crippen molar-refractivity contribution in [3.63, 3.8) is 0 Å². The normalized spacial score (nSPS) is 9.40. The first-order chi connectivity index (χ1) is 4.74. The van der Waals surface area contributed by atoms with Crippen LogP contribution < -0.4 is 4.74 Å². The second-order valence-electron chi connectivity index (χ2n) is 1.69. The van der Waals surface area contributed by atoms with E-state index >= 15 is 0 Å². The van der Waals surface area contributed by atoms with Gasteiger partial charge in [0.05, 0.1) is 13.3 Å². The monoisotopic (exact) mass is 143 g/mol. The van der Waals surface area contributed by atoms with Crippen LogP contribution in [0.15, 0.2) is 12.3 Å². The molecule has 0 aliphatic carbocycles. The lowest BCUT2D eigenvalue weighted by atomic mass is 10.4. The smallest absolute Gasteiger partial charge is 0.255 e. The van der Waals surface area contributed by atoms with Crippen LogP contribution in [0, 0.1) is 5.95 Å². The Labute approximate surface area is 57.1 Å². The van der Waals surface area contributed by atoms with E-state index in [1.54, 1.807) is 0 Å². The van der Waals surface area contributed by atoms with Gasteiger partial charge < -0.3 is 9.84 Å². The molecule has 0 unspecified atom stereocenters. The summed E-state index contributed by atoms with van der Waals surface area (Å²) in [5.74, 6) is -0.890. The number of ether oxygens (including phenoxy) is 1. The zero-order valence-corrected chi connectivity index (χ0v) is 5.34. The second kappa shape index (κ2) is 2.51. The SMILES string of the molecule is COc1cc(O)cnc1F. The Morgan fingerprint density at radius 3 is 2.90 bits per heavy atom. The zero-order valence-electron chi connectivity index (χ0n) is 5.34. The molecule has 54 valence electrons. The van der Waals surface area contributed by atoms with Crippen molar-refractivity contribution in [1.29, 1.82) is 0 Å². The molecule has 1 heterocycles. The van der Waals surface area contributed by atoms with Crippen molar-refractivity contribution in [3.05, 3.63) is 18.2 Å². The van der Waals surface area contributed by atoms with Gasteiger partial charge in [-0.1, -0.05) is 0 Å². The first-order valence-corrected chi connectivity index (χ1v) is 2.62. The van der Waals surface area contributed by atoms with Gasteiger partial charge in [0.15, 0.2) is 5.75 Å². The molecule has 3 nitrogen and oxygen atoms in total.